The van der Waals surface area contributed by atoms with E-state index >= 15 is 0 Å². The number of nitrogens with two attached hydrogens (primary N) is 1. The molecule has 0 amide bonds. The summed E-state index contributed by atoms with van der Waals surface area (Å²) in [5, 5.41) is 4.10. The van der Waals surface area contributed by atoms with Crippen LogP contribution in [0.3, 0.4) is 0 Å². The maximum Gasteiger partial charge on any atom is 0.226 e. The average molecular weight is 251 g/mol. The van der Waals surface area contributed by atoms with Crippen molar-refractivity contribution < 1.29 is 4.52 Å². The molecule has 0 radical (unpaired) electrons. The molecule has 0 bridgehead atoms. The fourth-order valence-electron chi connectivity index (χ4n) is 2.72. The quantitative estimate of drug-likeness (QED) is 0.757. The standard InChI is InChI=1S/C14H25N3O/c15-10-6-2-5-9-14-16-13(17-18-14)11-12-7-3-1-4-8-12/h12H,1-11,15H2. The van der Waals surface area contributed by atoms with E-state index in [4.69, 9.17) is 10.3 Å². The molecule has 1 aliphatic rings. The van der Waals surface area contributed by atoms with Crippen molar-refractivity contribution in [1.82, 2.24) is 10.1 Å². The highest BCUT2D eigenvalue weighted by Gasteiger charge is 2.16. The van der Waals surface area contributed by atoms with Gasteiger partial charge in [0.1, 0.15) is 0 Å². The number of aryl methyl sites for hydroxylation is 1. The molecule has 1 heterocycles. The van der Waals surface area contributed by atoms with Gasteiger partial charge in [0.25, 0.3) is 0 Å². The largest absolute Gasteiger partial charge is 0.339 e. The predicted molar refractivity (Wildman–Crippen MR) is 71.2 cm³/mol. The minimum atomic E-state index is 0.775. The maximum absolute atomic E-state index is 5.46. The van der Waals surface area contributed by atoms with Gasteiger partial charge in [-0.15, -0.1) is 0 Å². The van der Waals surface area contributed by atoms with Crippen LogP contribution in [0.25, 0.3) is 0 Å². The minimum Gasteiger partial charge on any atom is -0.339 e. The Kier molecular flexibility index (Phi) is 5.65. The van der Waals surface area contributed by atoms with Crippen molar-refractivity contribution in [2.75, 3.05) is 6.54 Å². The molecule has 0 saturated heterocycles. The van der Waals surface area contributed by atoms with E-state index in [0.717, 1.165) is 56.3 Å². The molecule has 0 unspecified atom stereocenters. The van der Waals surface area contributed by atoms with Gasteiger partial charge in [-0.25, -0.2) is 0 Å². The Balaban J connectivity index is 1.71. The normalized spacial score (nSPS) is 17.2. The Bertz CT molecular complexity index is 332. The summed E-state index contributed by atoms with van der Waals surface area (Å²) in [5.74, 6) is 2.50. The molecule has 1 fully saturated rings. The Morgan fingerprint density at radius 2 is 1.94 bits per heavy atom. The summed E-state index contributed by atoms with van der Waals surface area (Å²) in [5.41, 5.74) is 5.46. The van der Waals surface area contributed by atoms with Gasteiger partial charge in [-0.2, -0.15) is 4.98 Å². The first-order valence-electron chi connectivity index (χ1n) is 7.40. The van der Waals surface area contributed by atoms with E-state index in [9.17, 15) is 0 Å². The molecule has 1 saturated carbocycles. The molecule has 2 N–H and O–H groups in total. The van der Waals surface area contributed by atoms with Gasteiger partial charge in [-0.3, -0.25) is 0 Å². The van der Waals surface area contributed by atoms with E-state index < -0.39 is 0 Å². The van der Waals surface area contributed by atoms with E-state index in [-0.39, 0.29) is 0 Å². The summed E-state index contributed by atoms with van der Waals surface area (Å²) in [4.78, 5) is 4.49. The van der Waals surface area contributed by atoms with Crippen molar-refractivity contribution in [3.8, 4) is 0 Å². The number of aromatic nitrogens is 2. The predicted octanol–water partition coefficient (Wildman–Crippen LogP) is 2.86. The van der Waals surface area contributed by atoms with Crippen LogP contribution in [0.1, 0.15) is 63.1 Å². The van der Waals surface area contributed by atoms with Crippen LogP contribution in [0.15, 0.2) is 4.52 Å². The van der Waals surface area contributed by atoms with Crippen LogP contribution >= 0.6 is 0 Å². The van der Waals surface area contributed by atoms with E-state index in [0.29, 0.717) is 0 Å². The molecule has 0 aliphatic heterocycles. The van der Waals surface area contributed by atoms with E-state index in [1.165, 1.54) is 32.1 Å². The molecule has 18 heavy (non-hydrogen) atoms. The summed E-state index contributed by atoms with van der Waals surface area (Å²) >= 11 is 0. The Hall–Kier alpha value is -0.900. The van der Waals surface area contributed by atoms with Crippen LogP contribution in [0, 0.1) is 5.92 Å². The maximum atomic E-state index is 5.46. The van der Waals surface area contributed by atoms with Crippen LogP contribution in [0.5, 0.6) is 0 Å². The minimum absolute atomic E-state index is 0.775. The van der Waals surface area contributed by atoms with Gasteiger partial charge in [0.05, 0.1) is 0 Å². The lowest BCUT2D eigenvalue weighted by Gasteiger charge is -2.19. The number of hydrogen-bond acceptors (Lipinski definition) is 4. The molecule has 0 atom stereocenters. The second-order valence-corrected chi connectivity index (χ2v) is 5.41. The number of unbranched alkanes of at least 4 members (excludes halogenated alkanes) is 2. The zero-order chi connectivity index (χ0) is 12.6. The SMILES string of the molecule is NCCCCCc1nc(CC2CCCCC2)no1. The second-order valence-electron chi connectivity index (χ2n) is 5.41. The highest BCUT2D eigenvalue weighted by atomic mass is 16.5. The van der Waals surface area contributed by atoms with E-state index in [1.54, 1.807) is 0 Å². The second kappa shape index (κ2) is 7.52. The first-order valence-corrected chi connectivity index (χ1v) is 7.40. The molecule has 102 valence electrons. The van der Waals surface area contributed by atoms with Crippen molar-refractivity contribution in [3.63, 3.8) is 0 Å². The lowest BCUT2D eigenvalue weighted by molar-refractivity contribution is 0.337. The lowest BCUT2D eigenvalue weighted by Crippen LogP contribution is -2.10. The fraction of sp³-hybridized carbons (Fsp3) is 0.857. The van der Waals surface area contributed by atoms with Crippen molar-refractivity contribution in [1.29, 1.82) is 0 Å². The highest BCUT2D eigenvalue weighted by Crippen LogP contribution is 2.26. The Morgan fingerprint density at radius 3 is 2.72 bits per heavy atom. The Labute approximate surface area is 109 Å². The van der Waals surface area contributed by atoms with Gasteiger partial charge in [0.2, 0.25) is 5.89 Å². The van der Waals surface area contributed by atoms with Crippen LogP contribution in [0.2, 0.25) is 0 Å². The molecule has 1 aromatic rings. The average Bonchev–Trinajstić information content (AvgIpc) is 2.84. The molecule has 1 aromatic heterocycles. The zero-order valence-corrected chi connectivity index (χ0v) is 11.2. The van der Waals surface area contributed by atoms with Crippen LogP contribution in [-0.2, 0) is 12.8 Å². The summed E-state index contributed by atoms with van der Waals surface area (Å²) < 4.78 is 5.29. The van der Waals surface area contributed by atoms with Crippen molar-refractivity contribution in [2.24, 2.45) is 11.7 Å². The van der Waals surface area contributed by atoms with Crippen molar-refractivity contribution in [2.45, 2.75) is 64.2 Å². The van der Waals surface area contributed by atoms with Crippen LogP contribution < -0.4 is 5.73 Å². The summed E-state index contributed by atoms with van der Waals surface area (Å²) in [7, 11) is 0. The molecule has 4 heteroatoms. The highest BCUT2D eigenvalue weighted by molar-refractivity contribution is 4.89. The first kappa shape index (κ1) is 13.5. The summed E-state index contributed by atoms with van der Waals surface area (Å²) in [6.45, 7) is 0.775. The number of rotatable bonds is 7. The van der Waals surface area contributed by atoms with Gasteiger partial charge >= 0.3 is 0 Å². The third-order valence-electron chi connectivity index (χ3n) is 3.80. The fourth-order valence-corrected chi connectivity index (χ4v) is 2.72. The monoisotopic (exact) mass is 251 g/mol. The molecular formula is C14H25N3O. The smallest absolute Gasteiger partial charge is 0.226 e. The lowest BCUT2D eigenvalue weighted by atomic mass is 9.87. The molecule has 0 spiro atoms. The van der Waals surface area contributed by atoms with Gasteiger partial charge in [-0.05, 0) is 25.3 Å². The van der Waals surface area contributed by atoms with Gasteiger partial charge in [0, 0.05) is 12.8 Å². The van der Waals surface area contributed by atoms with Crippen LogP contribution in [-0.4, -0.2) is 16.7 Å². The topological polar surface area (TPSA) is 64.9 Å². The van der Waals surface area contributed by atoms with Crippen LogP contribution in [0.4, 0.5) is 0 Å². The number of hydrogen-bond donors (Lipinski definition) is 1. The number of nitrogens with zero attached hydrogens (tertiary/aromatic N) is 2. The zero-order valence-electron chi connectivity index (χ0n) is 11.2. The van der Waals surface area contributed by atoms with E-state index in [2.05, 4.69) is 10.1 Å². The Morgan fingerprint density at radius 1 is 1.11 bits per heavy atom. The summed E-state index contributed by atoms with van der Waals surface area (Å²) in [6, 6.07) is 0. The van der Waals surface area contributed by atoms with E-state index in [1.807, 2.05) is 0 Å². The molecule has 0 aromatic carbocycles. The first-order chi connectivity index (χ1) is 8.88. The van der Waals surface area contributed by atoms with Gasteiger partial charge in [-0.1, -0.05) is 43.7 Å². The van der Waals surface area contributed by atoms with Crippen molar-refractivity contribution in [3.05, 3.63) is 11.7 Å². The third-order valence-corrected chi connectivity index (χ3v) is 3.80. The van der Waals surface area contributed by atoms with Crippen molar-refractivity contribution >= 4 is 0 Å². The molecular weight excluding hydrogens is 226 g/mol. The summed E-state index contributed by atoms with van der Waals surface area (Å²) in [6.07, 6.45) is 12.0. The third kappa shape index (κ3) is 4.41. The molecule has 4 nitrogen and oxygen atoms in total. The molecule has 1 aliphatic carbocycles. The van der Waals surface area contributed by atoms with Gasteiger partial charge < -0.3 is 10.3 Å². The molecule has 2 rings (SSSR count). The van der Waals surface area contributed by atoms with Gasteiger partial charge in [0.15, 0.2) is 5.82 Å².